The zero-order chi connectivity index (χ0) is 15.8. The number of hydrogen-bond donors (Lipinski definition) is 1. The Morgan fingerprint density at radius 2 is 2.00 bits per heavy atom. The second kappa shape index (κ2) is 8.19. The highest BCUT2D eigenvalue weighted by Gasteiger charge is 2.14. The van der Waals surface area contributed by atoms with E-state index in [-0.39, 0.29) is 24.2 Å². The summed E-state index contributed by atoms with van der Waals surface area (Å²) in [5, 5.41) is 8.63. The van der Waals surface area contributed by atoms with Crippen LogP contribution in [0.2, 0.25) is 0 Å². The van der Waals surface area contributed by atoms with Crippen molar-refractivity contribution in [3.63, 3.8) is 0 Å². The van der Waals surface area contributed by atoms with Crippen molar-refractivity contribution in [2.24, 2.45) is 0 Å². The molecule has 0 unspecified atom stereocenters. The summed E-state index contributed by atoms with van der Waals surface area (Å²) < 4.78 is 13.4. The van der Waals surface area contributed by atoms with Crippen molar-refractivity contribution in [3.05, 3.63) is 41.7 Å². The minimum absolute atomic E-state index is 0.0214. The number of benzene rings is 1. The molecule has 21 heavy (non-hydrogen) atoms. The van der Waals surface area contributed by atoms with Crippen molar-refractivity contribution in [1.29, 1.82) is 0 Å². The van der Waals surface area contributed by atoms with E-state index in [0.717, 1.165) is 0 Å². The van der Waals surface area contributed by atoms with Crippen molar-refractivity contribution < 1.29 is 19.1 Å². The monoisotopic (exact) mass is 293 g/mol. The Hall–Kier alpha value is -2.17. The molecule has 1 amide bonds. The second-order valence-electron chi connectivity index (χ2n) is 4.98. The number of rotatable bonds is 7. The maximum atomic E-state index is 13.4. The first-order valence-electron chi connectivity index (χ1n) is 6.87. The van der Waals surface area contributed by atoms with Crippen LogP contribution in [0.15, 0.2) is 30.3 Å². The van der Waals surface area contributed by atoms with Gasteiger partial charge in [-0.2, -0.15) is 0 Å². The molecule has 0 fully saturated rings. The van der Waals surface area contributed by atoms with Gasteiger partial charge in [0.05, 0.1) is 0 Å². The Bertz CT molecular complexity index is 526. The maximum absolute atomic E-state index is 13.4. The van der Waals surface area contributed by atoms with E-state index < -0.39 is 5.97 Å². The number of halogens is 1. The zero-order valence-electron chi connectivity index (χ0n) is 12.3. The van der Waals surface area contributed by atoms with Crippen molar-refractivity contribution in [2.75, 3.05) is 6.54 Å². The van der Waals surface area contributed by atoms with E-state index in [1.165, 1.54) is 18.2 Å². The fourth-order valence-corrected chi connectivity index (χ4v) is 1.89. The number of nitrogens with zero attached hydrogens (tertiary/aromatic N) is 1. The van der Waals surface area contributed by atoms with Crippen LogP contribution in [0.4, 0.5) is 4.39 Å². The minimum Gasteiger partial charge on any atom is -0.481 e. The van der Waals surface area contributed by atoms with Crippen molar-refractivity contribution >= 4 is 18.0 Å². The number of carbonyl (C=O) groups excluding carboxylic acids is 1. The molecule has 0 aliphatic rings. The number of hydrogen-bond acceptors (Lipinski definition) is 2. The lowest BCUT2D eigenvalue weighted by Gasteiger charge is -2.25. The fourth-order valence-electron chi connectivity index (χ4n) is 1.89. The number of carboxylic acids is 1. The molecule has 0 heterocycles. The minimum atomic E-state index is -0.881. The smallest absolute Gasteiger partial charge is 0.303 e. The Kier molecular flexibility index (Phi) is 6.59. The van der Waals surface area contributed by atoms with Gasteiger partial charge in [-0.15, -0.1) is 0 Å². The molecule has 0 radical (unpaired) electrons. The van der Waals surface area contributed by atoms with Crippen LogP contribution in [0.3, 0.4) is 0 Å². The van der Waals surface area contributed by atoms with E-state index in [0.29, 0.717) is 18.5 Å². The van der Waals surface area contributed by atoms with Crippen LogP contribution in [-0.2, 0) is 9.59 Å². The summed E-state index contributed by atoms with van der Waals surface area (Å²) in [5.74, 6) is -1.52. The molecule has 0 spiro atoms. The molecule has 0 saturated carbocycles. The van der Waals surface area contributed by atoms with E-state index in [1.54, 1.807) is 23.1 Å². The lowest BCUT2D eigenvalue weighted by atomic mass is 10.2. The molecule has 114 valence electrons. The lowest BCUT2D eigenvalue weighted by Crippen LogP contribution is -2.36. The molecule has 1 aromatic rings. The lowest BCUT2D eigenvalue weighted by molar-refractivity contribution is -0.138. The molecule has 1 N–H and O–H groups in total. The third-order valence-electron chi connectivity index (χ3n) is 3.01. The molecular formula is C16H20FNO3. The molecule has 0 bridgehead atoms. The van der Waals surface area contributed by atoms with Gasteiger partial charge in [0.2, 0.25) is 5.91 Å². The van der Waals surface area contributed by atoms with Crippen LogP contribution in [0, 0.1) is 5.82 Å². The maximum Gasteiger partial charge on any atom is 0.303 e. The first kappa shape index (κ1) is 16.9. The molecule has 1 rings (SSSR count). The van der Waals surface area contributed by atoms with E-state index in [1.807, 2.05) is 13.8 Å². The molecule has 0 atom stereocenters. The number of carboxylic acid groups (broad SMARTS) is 1. The SMILES string of the molecule is CC(C)N(CCCC(=O)O)C(=O)/C=C/c1ccccc1F. The quantitative estimate of drug-likeness (QED) is 0.786. The van der Waals surface area contributed by atoms with Crippen molar-refractivity contribution in [1.82, 2.24) is 4.90 Å². The number of aliphatic carboxylic acids is 1. The van der Waals surface area contributed by atoms with Gasteiger partial charge in [0.15, 0.2) is 0 Å². The molecule has 4 nitrogen and oxygen atoms in total. The summed E-state index contributed by atoms with van der Waals surface area (Å²) in [7, 11) is 0. The largest absolute Gasteiger partial charge is 0.481 e. The van der Waals surface area contributed by atoms with Gasteiger partial charge in [-0.05, 0) is 32.4 Å². The van der Waals surface area contributed by atoms with Gasteiger partial charge in [0.1, 0.15) is 5.82 Å². The molecule has 0 aliphatic heterocycles. The third-order valence-corrected chi connectivity index (χ3v) is 3.01. The van der Waals surface area contributed by atoms with Gasteiger partial charge in [0, 0.05) is 30.6 Å². The van der Waals surface area contributed by atoms with E-state index in [9.17, 15) is 14.0 Å². The van der Waals surface area contributed by atoms with E-state index >= 15 is 0 Å². The average Bonchev–Trinajstić information content (AvgIpc) is 2.41. The first-order valence-corrected chi connectivity index (χ1v) is 6.87. The highest BCUT2D eigenvalue weighted by Crippen LogP contribution is 2.10. The Labute approximate surface area is 123 Å². The summed E-state index contributed by atoms with van der Waals surface area (Å²) in [6.07, 6.45) is 3.17. The topological polar surface area (TPSA) is 57.6 Å². The number of amides is 1. The van der Waals surface area contributed by atoms with Gasteiger partial charge in [-0.25, -0.2) is 4.39 Å². The van der Waals surface area contributed by atoms with Crippen LogP contribution in [-0.4, -0.2) is 34.5 Å². The van der Waals surface area contributed by atoms with Crippen LogP contribution >= 0.6 is 0 Å². The summed E-state index contributed by atoms with van der Waals surface area (Å²) in [6, 6.07) is 6.15. The fraction of sp³-hybridized carbons (Fsp3) is 0.375. The Morgan fingerprint density at radius 3 is 2.57 bits per heavy atom. The van der Waals surface area contributed by atoms with Gasteiger partial charge in [-0.3, -0.25) is 9.59 Å². The second-order valence-corrected chi connectivity index (χ2v) is 4.98. The van der Waals surface area contributed by atoms with Gasteiger partial charge in [0.25, 0.3) is 0 Å². The van der Waals surface area contributed by atoms with Gasteiger partial charge in [-0.1, -0.05) is 18.2 Å². The van der Waals surface area contributed by atoms with Crippen molar-refractivity contribution in [2.45, 2.75) is 32.7 Å². The summed E-state index contributed by atoms with van der Waals surface area (Å²) in [4.78, 5) is 24.2. The summed E-state index contributed by atoms with van der Waals surface area (Å²) >= 11 is 0. The van der Waals surface area contributed by atoms with E-state index in [4.69, 9.17) is 5.11 Å². The zero-order valence-corrected chi connectivity index (χ0v) is 12.3. The number of carbonyl (C=O) groups is 2. The van der Waals surface area contributed by atoms with Crippen molar-refractivity contribution in [3.8, 4) is 0 Å². The van der Waals surface area contributed by atoms with Crippen LogP contribution in [0.25, 0.3) is 6.08 Å². The molecule has 0 aliphatic carbocycles. The molecular weight excluding hydrogens is 273 g/mol. The predicted molar refractivity (Wildman–Crippen MR) is 79.2 cm³/mol. The molecule has 0 saturated heterocycles. The molecule has 1 aromatic carbocycles. The van der Waals surface area contributed by atoms with E-state index in [2.05, 4.69) is 0 Å². The Balaban J connectivity index is 2.69. The third kappa shape index (κ3) is 5.77. The summed E-state index contributed by atoms with van der Waals surface area (Å²) in [6.45, 7) is 4.08. The normalized spacial score (nSPS) is 11.0. The summed E-state index contributed by atoms with van der Waals surface area (Å²) in [5.41, 5.74) is 0.347. The van der Waals surface area contributed by atoms with Crippen LogP contribution < -0.4 is 0 Å². The Morgan fingerprint density at radius 1 is 1.33 bits per heavy atom. The predicted octanol–water partition coefficient (Wildman–Crippen LogP) is 2.94. The standard InChI is InChI=1S/C16H20FNO3/c1-12(2)18(11-5-8-16(20)21)15(19)10-9-13-6-3-4-7-14(13)17/h3-4,6-7,9-10,12H,5,8,11H2,1-2H3,(H,20,21)/b10-9+. The first-order chi connectivity index (χ1) is 9.91. The molecule has 5 heteroatoms. The van der Waals surface area contributed by atoms with Crippen LogP contribution in [0.5, 0.6) is 0 Å². The van der Waals surface area contributed by atoms with Gasteiger partial charge >= 0.3 is 5.97 Å². The highest BCUT2D eigenvalue weighted by molar-refractivity contribution is 5.92. The average molecular weight is 293 g/mol. The van der Waals surface area contributed by atoms with Crippen LogP contribution in [0.1, 0.15) is 32.3 Å². The highest BCUT2D eigenvalue weighted by atomic mass is 19.1. The van der Waals surface area contributed by atoms with Gasteiger partial charge < -0.3 is 10.0 Å². The molecule has 0 aromatic heterocycles.